The van der Waals surface area contributed by atoms with Crippen molar-refractivity contribution in [2.24, 2.45) is 4.99 Å². The number of aromatic nitrogens is 2. The highest BCUT2D eigenvalue weighted by Gasteiger charge is 2.34. The lowest BCUT2D eigenvalue weighted by Crippen LogP contribution is -2.40. The van der Waals surface area contributed by atoms with Crippen LogP contribution in [-0.2, 0) is 9.53 Å². The van der Waals surface area contributed by atoms with Crippen molar-refractivity contribution in [2.45, 2.75) is 53.7 Å². The third-order valence-corrected chi connectivity index (χ3v) is 8.20. The first-order valence-corrected chi connectivity index (χ1v) is 14.8. The summed E-state index contributed by atoms with van der Waals surface area (Å²) in [6.07, 6.45) is 1.50. The Bertz CT molecular complexity index is 1930. The number of ether oxygens (including phenoxy) is 2. The molecule has 0 fully saturated rings. The summed E-state index contributed by atoms with van der Waals surface area (Å²) in [5.41, 5.74) is 5.00. The lowest BCUT2D eigenvalue weighted by atomic mass is 9.96. The second-order valence-corrected chi connectivity index (χ2v) is 11.6. The molecule has 0 amide bonds. The summed E-state index contributed by atoms with van der Waals surface area (Å²) in [5.74, 6) is -0.802. The molecule has 0 bridgehead atoms. The van der Waals surface area contributed by atoms with Gasteiger partial charge < -0.3 is 19.1 Å². The number of aromatic carboxylic acids is 1. The highest BCUT2D eigenvalue weighted by molar-refractivity contribution is 7.07. The van der Waals surface area contributed by atoms with Gasteiger partial charge in [0, 0.05) is 17.1 Å². The van der Waals surface area contributed by atoms with E-state index in [9.17, 15) is 19.5 Å². The maximum absolute atomic E-state index is 14.1. The first kappa shape index (κ1) is 29.8. The molecule has 2 aromatic carbocycles. The summed E-state index contributed by atoms with van der Waals surface area (Å²) < 4.78 is 15.3. The van der Waals surface area contributed by atoms with E-state index in [1.165, 1.54) is 11.3 Å². The van der Waals surface area contributed by atoms with E-state index in [2.05, 4.69) is 4.99 Å². The fourth-order valence-corrected chi connectivity index (χ4v) is 6.35. The molecule has 0 radical (unpaired) electrons. The molecule has 0 saturated carbocycles. The van der Waals surface area contributed by atoms with Crippen molar-refractivity contribution in [3.63, 3.8) is 0 Å². The molecule has 1 aliphatic heterocycles. The van der Waals surface area contributed by atoms with Gasteiger partial charge in [0.05, 0.1) is 40.1 Å². The summed E-state index contributed by atoms with van der Waals surface area (Å²) in [6.45, 7) is 11.7. The summed E-state index contributed by atoms with van der Waals surface area (Å²) in [5, 5.41) is 9.26. The van der Waals surface area contributed by atoms with Crippen LogP contribution in [-0.4, -0.2) is 38.9 Å². The van der Waals surface area contributed by atoms with Crippen molar-refractivity contribution in [3.8, 4) is 11.4 Å². The molecular formula is C33H33N3O6S. The zero-order chi connectivity index (χ0) is 31.0. The van der Waals surface area contributed by atoms with Gasteiger partial charge in [-0.1, -0.05) is 23.5 Å². The molecular weight excluding hydrogens is 566 g/mol. The Balaban J connectivity index is 1.64. The SMILES string of the molecule is CCOc1ccc([C@@H]2C(C(=O)OC(C)C)=C(C)N=c3s/c(=C/c4cc(C)n(-c5ccc(C(=O)O)cc5)c4C)c(=O)n32)cc1. The van der Waals surface area contributed by atoms with E-state index < -0.39 is 18.0 Å². The molecule has 4 aromatic rings. The van der Waals surface area contributed by atoms with Crippen LogP contribution < -0.4 is 19.6 Å². The van der Waals surface area contributed by atoms with E-state index in [0.717, 1.165) is 28.2 Å². The van der Waals surface area contributed by atoms with Crippen LogP contribution in [0.2, 0.25) is 0 Å². The Morgan fingerprint density at radius 2 is 1.74 bits per heavy atom. The molecule has 0 spiro atoms. The number of benzene rings is 2. The molecule has 1 atom stereocenters. The summed E-state index contributed by atoms with van der Waals surface area (Å²) in [6, 6.07) is 15.3. The minimum atomic E-state index is -0.983. The van der Waals surface area contributed by atoms with Crippen LogP contribution in [0.15, 0.2) is 75.7 Å². The first-order chi connectivity index (χ1) is 20.5. The third-order valence-electron chi connectivity index (χ3n) is 7.22. The summed E-state index contributed by atoms with van der Waals surface area (Å²) in [4.78, 5) is 43.9. The molecule has 2 aromatic heterocycles. The first-order valence-electron chi connectivity index (χ1n) is 14.0. The number of nitrogens with zero attached hydrogens (tertiary/aromatic N) is 3. The molecule has 0 unspecified atom stereocenters. The lowest BCUT2D eigenvalue weighted by molar-refractivity contribution is -0.143. The van der Waals surface area contributed by atoms with Gasteiger partial charge in [0.25, 0.3) is 5.56 Å². The fourth-order valence-electron chi connectivity index (χ4n) is 5.31. The Morgan fingerprint density at radius 3 is 2.35 bits per heavy atom. The molecule has 0 aliphatic carbocycles. The zero-order valence-corrected chi connectivity index (χ0v) is 25.7. The Morgan fingerprint density at radius 1 is 1.07 bits per heavy atom. The van der Waals surface area contributed by atoms with Gasteiger partial charge in [-0.25, -0.2) is 14.6 Å². The van der Waals surface area contributed by atoms with Gasteiger partial charge in [0.15, 0.2) is 4.80 Å². The molecule has 43 heavy (non-hydrogen) atoms. The second-order valence-electron chi connectivity index (χ2n) is 10.6. The van der Waals surface area contributed by atoms with E-state index in [1.54, 1.807) is 49.6 Å². The Kier molecular flexibility index (Phi) is 8.23. The van der Waals surface area contributed by atoms with Gasteiger partial charge in [0.2, 0.25) is 0 Å². The highest BCUT2D eigenvalue weighted by Crippen LogP contribution is 2.32. The number of carbonyl (C=O) groups is 2. The van der Waals surface area contributed by atoms with Crippen molar-refractivity contribution in [1.82, 2.24) is 9.13 Å². The predicted octanol–water partition coefficient (Wildman–Crippen LogP) is 4.69. The van der Waals surface area contributed by atoms with Crippen molar-refractivity contribution < 1.29 is 24.2 Å². The number of aryl methyl sites for hydroxylation is 1. The number of thiazole rings is 1. The summed E-state index contributed by atoms with van der Waals surface area (Å²) in [7, 11) is 0. The molecule has 1 N–H and O–H groups in total. The van der Waals surface area contributed by atoms with Crippen molar-refractivity contribution >= 4 is 29.4 Å². The van der Waals surface area contributed by atoms with Crippen molar-refractivity contribution in [1.29, 1.82) is 0 Å². The van der Waals surface area contributed by atoms with Crippen LogP contribution in [0.5, 0.6) is 5.75 Å². The van der Waals surface area contributed by atoms with Crippen LogP contribution in [0.4, 0.5) is 0 Å². The van der Waals surface area contributed by atoms with Crippen LogP contribution in [0.3, 0.4) is 0 Å². The number of hydrogen-bond acceptors (Lipinski definition) is 7. The molecule has 0 saturated heterocycles. The number of carboxylic acid groups (broad SMARTS) is 1. The van der Waals surface area contributed by atoms with Crippen LogP contribution in [0.25, 0.3) is 11.8 Å². The van der Waals surface area contributed by atoms with Gasteiger partial charge in [-0.05, 0) is 101 Å². The summed E-state index contributed by atoms with van der Waals surface area (Å²) >= 11 is 1.27. The van der Waals surface area contributed by atoms with Crippen LogP contribution >= 0.6 is 11.3 Å². The van der Waals surface area contributed by atoms with Gasteiger partial charge >= 0.3 is 11.9 Å². The maximum atomic E-state index is 14.1. The topological polar surface area (TPSA) is 112 Å². The fraction of sp³-hybridized carbons (Fsp3) is 0.273. The number of carbonyl (C=O) groups excluding carboxylic acids is 1. The zero-order valence-electron chi connectivity index (χ0n) is 24.9. The largest absolute Gasteiger partial charge is 0.494 e. The maximum Gasteiger partial charge on any atom is 0.338 e. The van der Waals surface area contributed by atoms with E-state index in [0.29, 0.717) is 33.0 Å². The average Bonchev–Trinajstić information content (AvgIpc) is 3.41. The molecule has 3 heterocycles. The quantitative estimate of drug-likeness (QED) is 0.294. The normalized spacial score (nSPS) is 15.0. The van der Waals surface area contributed by atoms with E-state index in [1.807, 2.05) is 61.7 Å². The van der Waals surface area contributed by atoms with Gasteiger partial charge in [0.1, 0.15) is 5.75 Å². The van der Waals surface area contributed by atoms with E-state index in [4.69, 9.17) is 9.47 Å². The number of fused-ring (bicyclic) bond motifs is 1. The average molecular weight is 600 g/mol. The Hall–Kier alpha value is -4.70. The standard InChI is InChI=1S/C33H33N3O6S/c1-7-41-26-14-10-22(11-15-26)29-28(32(40)42-18(2)3)20(5)34-33-36(29)30(37)27(43-33)17-24-16-19(4)35(21(24)6)25-12-8-23(9-13-25)31(38)39/h8-18,29H,7H2,1-6H3,(H,38,39)/b27-17+/t29-/m1/s1. The lowest BCUT2D eigenvalue weighted by Gasteiger charge is -2.25. The minimum absolute atomic E-state index is 0.210. The number of rotatable bonds is 8. The molecule has 222 valence electrons. The number of carboxylic acids is 1. The van der Waals surface area contributed by atoms with Crippen molar-refractivity contribution in [2.75, 3.05) is 6.61 Å². The van der Waals surface area contributed by atoms with Gasteiger partial charge in [-0.2, -0.15) is 0 Å². The second kappa shape index (κ2) is 11.9. The monoisotopic (exact) mass is 599 g/mol. The van der Waals surface area contributed by atoms with Crippen molar-refractivity contribution in [3.05, 3.63) is 114 Å². The number of hydrogen-bond donors (Lipinski definition) is 1. The van der Waals surface area contributed by atoms with Gasteiger partial charge in [-0.3, -0.25) is 9.36 Å². The number of allylic oxidation sites excluding steroid dienone is 1. The van der Waals surface area contributed by atoms with Crippen LogP contribution in [0, 0.1) is 13.8 Å². The molecule has 1 aliphatic rings. The van der Waals surface area contributed by atoms with E-state index in [-0.39, 0.29) is 17.2 Å². The molecule has 5 rings (SSSR count). The molecule has 10 heteroatoms. The number of esters is 1. The van der Waals surface area contributed by atoms with Gasteiger partial charge in [-0.15, -0.1) is 0 Å². The highest BCUT2D eigenvalue weighted by atomic mass is 32.1. The van der Waals surface area contributed by atoms with Crippen LogP contribution in [0.1, 0.15) is 66.6 Å². The predicted molar refractivity (Wildman–Crippen MR) is 165 cm³/mol. The smallest absolute Gasteiger partial charge is 0.338 e. The minimum Gasteiger partial charge on any atom is -0.494 e. The molecule has 9 nitrogen and oxygen atoms in total. The van der Waals surface area contributed by atoms with E-state index >= 15 is 0 Å². The third kappa shape index (κ3) is 5.70. The Labute approximate surface area is 252 Å².